The molecule has 0 saturated carbocycles. The van der Waals surface area contributed by atoms with Crippen molar-refractivity contribution in [2.75, 3.05) is 44.8 Å². The number of ether oxygens (including phenoxy) is 4. The van der Waals surface area contributed by atoms with E-state index in [1.165, 1.54) is 0 Å². The molecule has 29 heavy (non-hydrogen) atoms. The molecule has 0 aromatic heterocycles. The van der Waals surface area contributed by atoms with Crippen LogP contribution in [0.15, 0.2) is 48.5 Å². The van der Waals surface area contributed by atoms with Crippen LogP contribution < -0.4 is 19.5 Å². The van der Waals surface area contributed by atoms with Crippen molar-refractivity contribution >= 4 is 11.7 Å². The Morgan fingerprint density at radius 2 is 1.76 bits per heavy atom. The van der Waals surface area contributed by atoms with Gasteiger partial charge in [-0.25, -0.2) is 4.79 Å². The van der Waals surface area contributed by atoms with Gasteiger partial charge in [0.05, 0.1) is 12.7 Å². The van der Waals surface area contributed by atoms with E-state index in [0.717, 1.165) is 18.6 Å². The van der Waals surface area contributed by atoms with Crippen molar-refractivity contribution in [3.8, 4) is 17.2 Å². The largest absolute Gasteiger partial charge is 0.491 e. The summed E-state index contributed by atoms with van der Waals surface area (Å²) in [6.07, 6.45) is 1.80. The first kappa shape index (κ1) is 19.4. The molecular weight excluding hydrogens is 372 g/mol. The van der Waals surface area contributed by atoms with Crippen molar-refractivity contribution in [2.45, 2.75) is 18.9 Å². The number of likely N-dealkylation sites (tertiary alicyclic amines) is 1. The molecule has 0 spiro atoms. The summed E-state index contributed by atoms with van der Waals surface area (Å²) in [4.78, 5) is 14.4. The van der Waals surface area contributed by atoms with Crippen LogP contribution in [0.5, 0.6) is 17.2 Å². The van der Waals surface area contributed by atoms with E-state index in [2.05, 4.69) is 5.32 Å². The van der Waals surface area contributed by atoms with E-state index in [9.17, 15) is 4.79 Å². The van der Waals surface area contributed by atoms with E-state index in [4.69, 9.17) is 18.9 Å². The van der Waals surface area contributed by atoms with Gasteiger partial charge in [0.1, 0.15) is 25.6 Å². The lowest BCUT2D eigenvalue weighted by atomic mass is 10.1. The molecule has 2 amide bonds. The van der Waals surface area contributed by atoms with Crippen LogP contribution in [0.3, 0.4) is 0 Å². The molecule has 2 aliphatic heterocycles. The Morgan fingerprint density at radius 1 is 1.00 bits per heavy atom. The summed E-state index contributed by atoms with van der Waals surface area (Å²) in [7, 11) is 0. The molecular formula is C22H26N2O5. The van der Waals surface area contributed by atoms with Crippen molar-refractivity contribution in [3.63, 3.8) is 0 Å². The van der Waals surface area contributed by atoms with Gasteiger partial charge in [-0.2, -0.15) is 0 Å². The number of anilines is 1. The van der Waals surface area contributed by atoms with Crippen LogP contribution in [-0.2, 0) is 4.74 Å². The fourth-order valence-electron chi connectivity index (χ4n) is 3.44. The van der Waals surface area contributed by atoms with E-state index < -0.39 is 0 Å². The number of para-hydroxylation sites is 1. The lowest BCUT2D eigenvalue weighted by molar-refractivity contribution is 0.00272. The third-order valence-corrected chi connectivity index (χ3v) is 4.97. The number of hydrogen-bond acceptors (Lipinski definition) is 5. The molecule has 0 atom stereocenters. The Morgan fingerprint density at radius 3 is 2.55 bits per heavy atom. The van der Waals surface area contributed by atoms with E-state index >= 15 is 0 Å². The van der Waals surface area contributed by atoms with Gasteiger partial charge in [0, 0.05) is 24.8 Å². The van der Waals surface area contributed by atoms with Gasteiger partial charge >= 0.3 is 6.03 Å². The Kier molecular flexibility index (Phi) is 6.36. The standard InChI is InChI=1S/C22H26N2O5/c25-22(23-17-6-7-20-21(16-17)29-15-14-28-20)24-10-8-19(9-11-24)27-13-12-26-18-4-2-1-3-5-18/h1-7,16,19H,8-15H2,(H,23,25). The number of rotatable bonds is 6. The van der Waals surface area contributed by atoms with Crippen molar-refractivity contribution < 1.29 is 23.7 Å². The maximum Gasteiger partial charge on any atom is 0.321 e. The molecule has 1 N–H and O–H groups in total. The average Bonchev–Trinajstić information content (AvgIpc) is 2.78. The molecule has 7 heteroatoms. The van der Waals surface area contributed by atoms with E-state index in [1.54, 1.807) is 6.07 Å². The fraction of sp³-hybridized carbons (Fsp3) is 0.409. The minimum Gasteiger partial charge on any atom is -0.491 e. The van der Waals surface area contributed by atoms with Crippen molar-refractivity contribution in [1.29, 1.82) is 0 Å². The number of carbonyl (C=O) groups excluding carboxylic acids is 1. The number of carbonyl (C=O) groups is 1. The highest BCUT2D eigenvalue weighted by atomic mass is 16.6. The molecule has 2 aliphatic rings. The predicted molar refractivity (Wildman–Crippen MR) is 109 cm³/mol. The minimum absolute atomic E-state index is 0.104. The maximum atomic E-state index is 12.5. The first-order chi connectivity index (χ1) is 14.3. The maximum absolute atomic E-state index is 12.5. The summed E-state index contributed by atoms with van der Waals surface area (Å²) < 4.78 is 22.6. The Labute approximate surface area is 170 Å². The Balaban J connectivity index is 1.17. The van der Waals surface area contributed by atoms with E-state index in [-0.39, 0.29) is 12.1 Å². The Hall–Kier alpha value is -2.93. The van der Waals surface area contributed by atoms with Crippen LogP contribution in [0.25, 0.3) is 0 Å². The molecule has 0 aliphatic carbocycles. The molecule has 1 saturated heterocycles. The summed E-state index contributed by atoms with van der Waals surface area (Å²) in [5, 5.41) is 2.94. The van der Waals surface area contributed by atoms with E-state index in [1.807, 2.05) is 47.4 Å². The summed E-state index contributed by atoms with van der Waals surface area (Å²) in [5.41, 5.74) is 0.704. The lowest BCUT2D eigenvalue weighted by Crippen LogP contribution is -2.43. The molecule has 4 rings (SSSR count). The SMILES string of the molecule is O=C(Nc1ccc2c(c1)OCCO2)N1CCC(OCCOc2ccccc2)CC1. The minimum atomic E-state index is -0.104. The van der Waals surface area contributed by atoms with Crippen LogP contribution in [0.2, 0.25) is 0 Å². The van der Waals surface area contributed by atoms with Crippen LogP contribution >= 0.6 is 0 Å². The first-order valence-electron chi connectivity index (χ1n) is 10.0. The second-order valence-corrected chi connectivity index (χ2v) is 7.01. The summed E-state index contributed by atoms with van der Waals surface area (Å²) in [5.74, 6) is 2.23. The molecule has 2 aromatic rings. The summed E-state index contributed by atoms with van der Waals surface area (Å²) in [6.45, 7) is 3.47. The van der Waals surface area contributed by atoms with Gasteiger partial charge in [0.25, 0.3) is 0 Å². The molecule has 0 radical (unpaired) electrons. The zero-order chi connectivity index (χ0) is 19.9. The highest BCUT2D eigenvalue weighted by Crippen LogP contribution is 2.32. The topological polar surface area (TPSA) is 69.3 Å². The number of urea groups is 1. The highest BCUT2D eigenvalue weighted by Gasteiger charge is 2.23. The molecule has 2 heterocycles. The normalized spacial score (nSPS) is 16.3. The molecule has 2 aromatic carbocycles. The second-order valence-electron chi connectivity index (χ2n) is 7.01. The summed E-state index contributed by atoms with van der Waals surface area (Å²) in [6, 6.07) is 15.1. The molecule has 7 nitrogen and oxygen atoms in total. The Bertz CT molecular complexity index is 806. The van der Waals surface area contributed by atoms with Crippen LogP contribution in [0.4, 0.5) is 10.5 Å². The van der Waals surface area contributed by atoms with Gasteiger partial charge in [-0.05, 0) is 37.1 Å². The third-order valence-electron chi connectivity index (χ3n) is 4.97. The van der Waals surface area contributed by atoms with Gasteiger partial charge < -0.3 is 29.2 Å². The number of nitrogens with one attached hydrogen (secondary N) is 1. The summed E-state index contributed by atoms with van der Waals surface area (Å²) >= 11 is 0. The van der Waals surface area contributed by atoms with Crippen LogP contribution in [0.1, 0.15) is 12.8 Å². The van der Waals surface area contributed by atoms with Gasteiger partial charge in [-0.1, -0.05) is 18.2 Å². The number of piperidine rings is 1. The lowest BCUT2D eigenvalue weighted by Gasteiger charge is -2.32. The van der Waals surface area contributed by atoms with Crippen molar-refractivity contribution in [2.24, 2.45) is 0 Å². The number of fused-ring (bicyclic) bond motifs is 1. The molecule has 1 fully saturated rings. The van der Waals surface area contributed by atoms with Gasteiger partial charge in [0.15, 0.2) is 11.5 Å². The third kappa shape index (κ3) is 5.32. The average molecular weight is 398 g/mol. The quantitative estimate of drug-likeness (QED) is 0.754. The predicted octanol–water partition coefficient (Wildman–Crippen LogP) is 3.55. The van der Waals surface area contributed by atoms with Gasteiger partial charge in [-0.3, -0.25) is 0 Å². The number of hydrogen-bond donors (Lipinski definition) is 1. The number of nitrogens with zero attached hydrogens (tertiary/aromatic N) is 1. The molecule has 154 valence electrons. The fourth-order valence-corrected chi connectivity index (χ4v) is 3.44. The van der Waals surface area contributed by atoms with Gasteiger partial charge in [-0.15, -0.1) is 0 Å². The molecule has 0 bridgehead atoms. The van der Waals surface area contributed by atoms with Gasteiger partial charge in [0.2, 0.25) is 0 Å². The molecule has 0 unspecified atom stereocenters. The number of benzene rings is 2. The van der Waals surface area contributed by atoms with Crippen molar-refractivity contribution in [1.82, 2.24) is 4.90 Å². The zero-order valence-corrected chi connectivity index (χ0v) is 16.3. The second kappa shape index (κ2) is 9.52. The number of amides is 2. The monoisotopic (exact) mass is 398 g/mol. The van der Waals surface area contributed by atoms with E-state index in [0.29, 0.717) is 56.7 Å². The zero-order valence-electron chi connectivity index (χ0n) is 16.3. The smallest absolute Gasteiger partial charge is 0.321 e. The van der Waals surface area contributed by atoms with Crippen molar-refractivity contribution in [3.05, 3.63) is 48.5 Å². The van der Waals surface area contributed by atoms with Crippen LogP contribution in [-0.4, -0.2) is 56.6 Å². The van der Waals surface area contributed by atoms with Crippen LogP contribution in [0, 0.1) is 0 Å². The highest BCUT2D eigenvalue weighted by molar-refractivity contribution is 5.89. The first-order valence-corrected chi connectivity index (χ1v) is 10.0.